The van der Waals surface area contributed by atoms with Crippen LogP contribution in [0.5, 0.6) is 0 Å². The largest absolute Gasteiger partial charge is 0.317 e. The monoisotopic (exact) mass is 274 g/mol. The Morgan fingerprint density at radius 3 is 2.89 bits per heavy atom. The van der Waals surface area contributed by atoms with E-state index in [0.717, 1.165) is 47.5 Å². The Bertz CT molecular complexity index is 546. The Labute approximate surface area is 117 Å². The normalized spacial score (nSPS) is 16.7. The van der Waals surface area contributed by atoms with E-state index in [2.05, 4.69) is 31.7 Å². The number of thiazole rings is 1. The summed E-state index contributed by atoms with van der Waals surface area (Å²) in [5.41, 5.74) is 3.15. The molecular formula is C14H18N4S. The Hall–Kier alpha value is -1.33. The van der Waals surface area contributed by atoms with E-state index in [-0.39, 0.29) is 0 Å². The number of rotatable bonds is 3. The lowest BCUT2D eigenvalue weighted by Gasteiger charge is -2.22. The van der Waals surface area contributed by atoms with Crippen molar-refractivity contribution >= 4 is 11.3 Å². The van der Waals surface area contributed by atoms with Crippen molar-refractivity contribution in [2.45, 2.75) is 26.2 Å². The van der Waals surface area contributed by atoms with Crippen LogP contribution < -0.4 is 5.32 Å². The van der Waals surface area contributed by atoms with E-state index in [1.54, 1.807) is 17.7 Å². The second kappa shape index (κ2) is 5.75. The summed E-state index contributed by atoms with van der Waals surface area (Å²) in [5, 5.41) is 6.45. The molecule has 0 amide bonds. The molecule has 1 aliphatic heterocycles. The third-order valence-corrected chi connectivity index (χ3v) is 4.50. The zero-order valence-corrected chi connectivity index (χ0v) is 11.9. The summed E-state index contributed by atoms with van der Waals surface area (Å²) in [4.78, 5) is 13.2. The molecule has 19 heavy (non-hydrogen) atoms. The fourth-order valence-electron chi connectivity index (χ4n) is 2.48. The minimum atomic E-state index is 0.752. The quantitative estimate of drug-likeness (QED) is 0.934. The van der Waals surface area contributed by atoms with Crippen molar-refractivity contribution in [2.75, 3.05) is 13.1 Å². The molecule has 2 aromatic rings. The molecular weight excluding hydrogens is 256 g/mol. The number of hydrogen-bond donors (Lipinski definition) is 1. The van der Waals surface area contributed by atoms with E-state index >= 15 is 0 Å². The summed E-state index contributed by atoms with van der Waals surface area (Å²) in [5.74, 6) is 0.752. The van der Waals surface area contributed by atoms with Gasteiger partial charge in [0.2, 0.25) is 0 Å². The zero-order valence-electron chi connectivity index (χ0n) is 11.1. The lowest BCUT2D eigenvalue weighted by atomic mass is 9.93. The number of aromatic nitrogens is 3. The van der Waals surface area contributed by atoms with E-state index in [4.69, 9.17) is 0 Å². The third kappa shape index (κ3) is 3.16. The van der Waals surface area contributed by atoms with E-state index in [9.17, 15) is 0 Å². The first-order chi connectivity index (χ1) is 9.31. The minimum absolute atomic E-state index is 0.752. The van der Waals surface area contributed by atoms with Crippen molar-refractivity contribution in [3.8, 4) is 10.7 Å². The number of hydrogen-bond acceptors (Lipinski definition) is 5. The number of piperidine rings is 1. The lowest BCUT2D eigenvalue weighted by molar-refractivity contribution is 0.370. The molecule has 100 valence electrons. The lowest BCUT2D eigenvalue weighted by Crippen LogP contribution is -2.28. The molecule has 0 aliphatic carbocycles. The molecule has 1 aliphatic rings. The average Bonchev–Trinajstić information content (AvgIpc) is 2.87. The summed E-state index contributed by atoms with van der Waals surface area (Å²) in [6.07, 6.45) is 5.22. The highest BCUT2D eigenvalue weighted by atomic mass is 32.1. The van der Waals surface area contributed by atoms with Crippen LogP contribution in [0.2, 0.25) is 0 Å². The van der Waals surface area contributed by atoms with E-state index in [1.807, 2.05) is 6.92 Å². The van der Waals surface area contributed by atoms with Gasteiger partial charge in [-0.05, 0) is 51.3 Å². The van der Waals surface area contributed by atoms with Gasteiger partial charge >= 0.3 is 0 Å². The predicted octanol–water partition coefficient (Wildman–Crippen LogP) is 2.45. The number of nitrogens with one attached hydrogen (secondary N) is 1. The summed E-state index contributed by atoms with van der Waals surface area (Å²) in [6.45, 7) is 4.28. The molecule has 0 unspecified atom stereocenters. The van der Waals surface area contributed by atoms with Crippen LogP contribution in [0, 0.1) is 12.8 Å². The SMILES string of the molecule is Cc1csc(-c2cc(CC3CCNCC3)ncn2)n1. The average molecular weight is 274 g/mol. The van der Waals surface area contributed by atoms with Crippen molar-refractivity contribution in [3.63, 3.8) is 0 Å². The smallest absolute Gasteiger partial charge is 0.142 e. The summed E-state index contributed by atoms with van der Waals surface area (Å²) >= 11 is 1.65. The molecule has 3 rings (SSSR count). The maximum Gasteiger partial charge on any atom is 0.142 e. The highest BCUT2D eigenvalue weighted by molar-refractivity contribution is 7.13. The molecule has 0 aromatic carbocycles. The van der Waals surface area contributed by atoms with Crippen molar-refractivity contribution in [1.82, 2.24) is 20.3 Å². The van der Waals surface area contributed by atoms with Crippen LogP contribution in [0.3, 0.4) is 0 Å². The van der Waals surface area contributed by atoms with Crippen LogP contribution in [0.15, 0.2) is 17.8 Å². The molecule has 0 atom stereocenters. The fraction of sp³-hybridized carbons (Fsp3) is 0.500. The molecule has 4 nitrogen and oxygen atoms in total. The molecule has 1 saturated heterocycles. The first-order valence-electron chi connectivity index (χ1n) is 6.75. The van der Waals surface area contributed by atoms with Crippen molar-refractivity contribution < 1.29 is 0 Å². The van der Waals surface area contributed by atoms with Crippen LogP contribution in [0.25, 0.3) is 10.7 Å². The van der Waals surface area contributed by atoms with Crippen molar-refractivity contribution in [3.05, 3.63) is 29.2 Å². The van der Waals surface area contributed by atoms with Gasteiger partial charge in [-0.25, -0.2) is 15.0 Å². The molecule has 0 spiro atoms. The second-order valence-corrected chi connectivity index (χ2v) is 5.94. The van der Waals surface area contributed by atoms with Crippen LogP contribution in [-0.4, -0.2) is 28.0 Å². The Morgan fingerprint density at radius 1 is 1.32 bits per heavy atom. The molecule has 3 heterocycles. The van der Waals surface area contributed by atoms with Gasteiger partial charge in [0.15, 0.2) is 0 Å². The van der Waals surface area contributed by atoms with Crippen LogP contribution >= 0.6 is 11.3 Å². The Morgan fingerprint density at radius 2 is 2.16 bits per heavy atom. The van der Waals surface area contributed by atoms with Gasteiger partial charge in [-0.2, -0.15) is 0 Å². The van der Waals surface area contributed by atoms with E-state index in [0.29, 0.717) is 0 Å². The van der Waals surface area contributed by atoms with Gasteiger partial charge in [0, 0.05) is 16.8 Å². The Balaban J connectivity index is 1.75. The van der Waals surface area contributed by atoms with Gasteiger partial charge in [-0.3, -0.25) is 0 Å². The maximum absolute atomic E-state index is 4.49. The maximum atomic E-state index is 4.49. The second-order valence-electron chi connectivity index (χ2n) is 5.09. The van der Waals surface area contributed by atoms with Gasteiger partial charge in [0.25, 0.3) is 0 Å². The summed E-state index contributed by atoms with van der Waals surface area (Å²) in [7, 11) is 0. The highest BCUT2D eigenvalue weighted by Gasteiger charge is 2.15. The van der Waals surface area contributed by atoms with Crippen molar-refractivity contribution in [2.24, 2.45) is 5.92 Å². The van der Waals surface area contributed by atoms with E-state index in [1.165, 1.54) is 12.8 Å². The summed E-state index contributed by atoms with van der Waals surface area (Å²) < 4.78 is 0. The molecule has 2 aromatic heterocycles. The van der Waals surface area contributed by atoms with E-state index < -0.39 is 0 Å². The Kier molecular flexibility index (Phi) is 3.84. The van der Waals surface area contributed by atoms with Gasteiger partial charge in [0.1, 0.15) is 17.0 Å². The standard InChI is InChI=1S/C14H18N4S/c1-10-8-19-14(18-10)13-7-12(16-9-17-13)6-11-2-4-15-5-3-11/h7-9,11,15H,2-6H2,1H3. The molecule has 0 saturated carbocycles. The van der Waals surface area contributed by atoms with Crippen LogP contribution in [0.4, 0.5) is 0 Å². The third-order valence-electron chi connectivity index (χ3n) is 3.52. The molecule has 1 N–H and O–H groups in total. The molecule has 0 bridgehead atoms. The first kappa shape index (κ1) is 12.7. The molecule has 5 heteroatoms. The van der Waals surface area contributed by atoms with Gasteiger partial charge < -0.3 is 5.32 Å². The summed E-state index contributed by atoms with van der Waals surface area (Å²) in [6, 6.07) is 2.10. The van der Waals surface area contributed by atoms with Crippen LogP contribution in [-0.2, 0) is 6.42 Å². The number of nitrogens with zero attached hydrogens (tertiary/aromatic N) is 3. The van der Waals surface area contributed by atoms with Gasteiger partial charge in [0.05, 0.1) is 0 Å². The molecule has 0 radical (unpaired) electrons. The van der Waals surface area contributed by atoms with Crippen molar-refractivity contribution in [1.29, 1.82) is 0 Å². The zero-order chi connectivity index (χ0) is 13.1. The first-order valence-corrected chi connectivity index (χ1v) is 7.63. The fourth-order valence-corrected chi connectivity index (χ4v) is 3.24. The topological polar surface area (TPSA) is 50.7 Å². The van der Waals surface area contributed by atoms with Crippen LogP contribution in [0.1, 0.15) is 24.2 Å². The molecule has 1 fully saturated rings. The van der Waals surface area contributed by atoms with Gasteiger partial charge in [-0.1, -0.05) is 0 Å². The predicted molar refractivity (Wildman–Crippen MR) is 77.2 cm³/mol. The highest BCUT2D eigenvalue weighted by Crippen LogP contribution is 2.23. The number of aryl methyl sites for hydroxylation is 1. The minimum Gasteiger partial charge on any atom is -0.317 e. The van der Waals surface area contributed by atoms with Gasteiger partial charge in [-0.15, -0.1) is 11.3 Å².